The summed E-state index contributed by atoms with van der Waals surface area (Å²) in [5.74, 6) is 0.391. The normalized spacial score (nSPS) is 40.4. The monoisotopic (exact) mass is 523 g/mol. The zero-order valence-corrected chi connectivity index (χ0v) is 22.4. The third-order valence-electron chi connectivity index (χ3n) is 11.6. The highest BCUT2D eigenvalue weighted by Gasteiger charge is 2.63. The van der Waals surface area contributed by atoms with Crippen molar-refractivity contribution in [1.29, 1.82) is 0 Å². The van der Waals surface area contributed by atoms with Crippen molar-refractivity contribution in [2.45, 2.75) is 89.5 Å². The molecule has 7 fully saturated rings. The van der Waals surface area contributed by atoms with E-state index in [2.05, 4.69) is 0 Å². The Hall–Kier alpha value is -2.25. The van der Waals surface area contributed by atoms with Crippen LogP contribution in [0, 0.1) is 47.3 Å². The van der Waals surface area contributed by atoms with Gasteiger partial charge in [-0.15, -0.1) is 0 Å². The van der Waals surface area contributed by atoms with E-state index < -0.39 is 6.04 Å². The van der Waals surface area contributed by atoms with E-state index in [1.165, 1.54) is 9.80 Å². The third-order valence-corrected chi connectivity index (χ3v) is 11.6. The molecular weight excluding hydrogens is 482 g/mol. The van der Waals surface area contributed by atoms with Crippen molar-refractivity contribution in [1.82, 2.24) is 14.7 Å². The minimum absolute atomic E-state index is 0.0117. The number of carbonyl (C=O) groups excluding carboxylic acids is 5. The Morgan fingerprint density at radius 2 is 1.13 bits per heavy atom. The molecule has 3 aliphatic heterocycles. The molecule has 3 heterocycles. The van der Waals surface area contributed by atoms with Crippen LogP contribution in [-0.4, -0.2) is 69.9 Å². The molecule has 7 rings (SSSR count). The second-order valence-electron chi connectivity index (χ2n) is 13.4. The lowest BCUT2D eigenvalue weighted by Crippen LogP contribution is -2.52. The molecule has 0 aromatic heterocycles. The Labute approximate surface area is 224 Å². The molecule has 38 heavy (non-hydrogen) atoms. The first-order chi connectivity index (χ1) is 18.5. The summed E-state index contributed by atoms with van der Waals surface area (Å²) in [6.07, 6.45) is 11.9. The Bertz CT molecular complexity index is 994. The van der Waals surface area contributed by atoms with Crippen LogP contribution in [0.5, 0.6) is 0 Å². The predicted molar refractivity (Wildman–Crippen MR) is 137 cm³/mol. The van der Waals surface area contributed by atoms with E-state index in [0.29, 0.717) is 62.6 Å². The first kappa shape index (κ1) is 24.8. The molecule has 0 spiro atoms. The van der Waals surface area contributed by atoms with E-state index in [1.54, 1.807) is 0 Å². The Kier molecular flexibility index (Phi) is 6.15. The van der Waals surface area contributed by atoms with Crippen LogP contribution in [0.2, 0.25) is 0 Å². The van der Waals surface area contributed by atoms with Gasteiger partial charge in [-0.2, -0.15) is 0 Å². The maximum atomic E-state index is 13.9. The van der Waals surface area contributed by atoms with Crippen LogP contribution in [0.4, 0.5) is 0 Å². The molecule has 0 aromatic rings. The van der Waals surface area contributed by atoms with E-state index in [-0.39, 0.29) is 53.2 Å². The van der Waals surface area contributed by atoms with Gasteiger partial charge in [-0.25, -0.2) is 0 Å². The lowest BCUT2D eigenvalue weighted by atomic mass is 9.81. The standard InChI is InChI=1S/C30H41N3O5/c34-26(31-12-4-1-2-5-13-31)21(33-29(37)24-19-10-11-20(16-19)25(24)30(33)38)7-3-6-14-32-27(35)22-17-8-9-18(15-17)23(22)28(32)36/h17-25H,1-16H2/t17-,18-,19-,20-,21-,22-,23+,24+,25+/m0/s1. The highest BCUT2D eigenvalue weighted by Crippen LogP contribution is 2.57. The fourth-order valence-electron chi connectivity index (χ4n) is 9.90. The van der Waals surface area contributed by atoms with Gasteiger partial charge in [0.25, 0.3) is 0 Å². The third kappa shape index (κ3) is 3.64. The molecule has 5 amide bonds. The number of rotatable bonds is 7. The number of amides is 5. The highest BCUT2D eigenvalue weighted by molar-refractivity contribution is 6.09. The van der Waals surface area contributed by atoms with Crippen LogP contribution >= 0.6 is 0 Å². The van der Waals surface area contributed by atoms with E-state index in [4.69, 9.17) is 0 Å². The van der Waals surface area contributed by atoms with Crippen molar-refractivity contribution in [2.24, 2.45) is 47.3 Å². The molecule has 8 heteroatoms. The minimum atomic E-state index is -0.752. The quantitative estimate of drug-likeness (QED) is 0.378. The molecule has 7 aliphatic rings. The number of carbonyl (C=O) groups is 5. The lowest BCUT2D eigenvalue weighted by molar-refractivity contribution is -0.152. The Morgan fingerprint density at radius 3 is 1.63 bits per heavy atom. The van der Waals surface area contributed by atoms with Crippen LogP contribution in [-0.2, 0) is 24.0 Å². The van der Waals surface area contributed by atoms with Crippen LogP contribution in [0.3, 0.4) is 0 Å². The second kappa shape index (κ2) is 9.44. The Balaban J connectivity index is 1.04. The molecule has 0 N–H and O–H groups in total. The predicted octanol–water partition coefficient (Wildman–Crippen LogP) is 2.99. The van der Waals surface area contributed by atoms with Crippen molar-refractivity contribution >= 4 is 29.5 Å². The average Bonchev–Trinajstić information content (AvgIpc) is 3.74. The smallest absolute Gasteiger partial charge is 0.245 e. The molecular formula is C30H41N3O5. The zero-order chi connectivity index (χ0) is 26.1. The first-order valence-electron chi connectivity index (χ1n) is 15.5. The van der Waals surface area contributed by atoms with Crippen LogP contribution < -0.4 is 0 Å². The molecule has 4 bridgehead atoms. The Morgan fingerprint density at radius 1 is 0.658 bits per heavy atom. The summed E-state index contributed by atoms with van der Waals surface area (Å²) in [5.41, 5.74) is 0. The van der Waals surface area contributed by atoms with Gasteiger partial charge in [0.15, 0.2) is 0 Å². The summed E-state index contributed by atoms with van der Waals surface area (Å²) in [6, 6.07) is -0.752. The number of hydrogen-bond donors (Lipinski definition) is 0. The zero-order valence-electron chi connectivity index (χ0n) is 22.4. The van der Waals surface area contributed by atoms with E-state index in [1.807, 2.05) is 4.90 Å². The lowest BCUT2D eigenvalue weighted by Gasteiger charge is -2.32. The summed E-state index contributed by atoms with van der Waals surface area (Å²) in [7, 11) is 0. The first-order valence-corrected chi connectivity index (χ1v) is 15.5. The number of unbranched alkanes of at least 4 members (excludes halogenated alkanes) is 1. The van der Waals surface area contributed by atoms with Crippen molar-refractivity contribution in [3.05, 3.63) is 0 Å². The highest BCUT2D eigenvalue weighted by atomic mass is 16.2. The van der Waals surface area contributed by atoms with Crippen LogP contribution in [0.15, 0.2) is 0 Å². The summed E-state index contributed by atoms with van der Waals surface area (Å²) in [4.78, 5) is 72.0. The van der Waals surface area contributed by atoms with Crippen LogP contribution in [0.25, 0.3) is 0 Å². The molecule has 4 saturated carbocycles. The summed E-state index contributed by atoms with van der Waals surface area (Å²) in [5, 5.41) is 0. The van der Waals surface area contributed by atoms with Crippen molar-refractivity contribution < 1.29 is 24.0 Å². The number of nitrogens with zero attached hydrogens (tertiary/aromatic N) is 3. The summed E-state index contributed by atoms with van der Waals surface area (Å²) in [6.45, 7) is 1.75. The largest absolute Gasteiger partial charge is 0.341 e. The van der Waals surface area contributed by atoms with Gasteiger partial charge in [0.2, 0.25) is 29.5 Å². The number of fused-ring (bicyclic) bond motifs is 10. The molecule has 8 nitrogen and oxygen atoms in total. The van der Waals surface area contributed by atoms with Gasteiger partial charge in [-0.3, -0.25) is 33.8 Å². The number of imide groups is 2. The van der Waals surface area contributed by atoms with E-state index in [0.717, 1.165) is 64.2 Å². The molecule has 0 aromatic carbocycles. The molecule has 0 radical (unpaired) electrons. The van der Waals surface area contributed by atoms with Gasteiger partial charge in [0.05, 0.1) is 23.7 Å². The summed E-state index contributed by atoms with van der Waals surface area (Å²) < 4.78 is 0. The fourth-order valence-corrected chi connectivity index (χ4v) is 9.90. The number of likely N-dealkylation sites (tertiary alicyclic amines) is 3. The SMILES string of the molecule is O=C([C@H](CCCCN1C(=O)[C@@H]2[C@H]3CC[C@@H](C3)[C@@H]2C1=O)N1C(=O)[C@@H]2[C@H]3CC[C@@H](C3)[C@H]2C1=O)N1CCCCCC1. The average molecular weight is 524 g/mol. The van der Waals surface area contributed by atoms with Gasteiger partial charge in [-0.05, 0) is 94.3 Å². The maximum absolute atomic E-state index is 13.9. The number of hydrogen-bond acceptors (Lipinski definition) is 5. The second-order valence-corrected chi connectivity index (χ2v) is 13.4. The van der Waals surface area contributed by atoms with Crippen molar-refractivity contribution in [2.75, 3.05) is 19.6 Å². The van der Waals surface area contributed by atoms with Gasteiger partial charge in [0, 0.05) is 19.6 Å². The molecule has 4 aliphatic carbocycles. The van der Waals surface area contributed by atoms with Crippen LogP contribution in [0.1, 0.15) is 83.5 Å². The molecule has 0 unspecified atom stereocenters. The molecule has 3 saturated heterocycles. The fraction of sp³-hybridized carbons (Fsp3) is 0.833. The minimum Gasteiger partial charge on any atom is -0.341 e. The van der Waals surface area contributed by atoms with Gasteiger partial charge >= 0.3 is 0 Å². The van der Waals surface area contributed by atoms with Crippen molar-refractivity contribution in [3.8, 4) is 0 Å². The van der Waals surface area contributed by atoms with E-state index >= 15 is 0 Å². The van der Waals surface area contributed by atoms with E-state index in [9.17, 15) is 24.0 Å². The topological polar surface area (TPSA) is 95.1 Å². The molecule has 206 valence electrons. The van der Waals surface area contributed by atoms with Crippen molar-refractivity contribution in [3.63, 3.8) is 0 Å². The summed E-state index contributed by atoms with van der Waals surface area (Å²) >= 11 is 0. The van der Waals surface area contributed by atoms with Gasteiger partial charge in [-0.1, -0.05) is 12.8 Å². The van der Waals surface area contributed by atoms with Gasteiger partial charge < -0.3 is 4.90 Å². The van der Waals surface area contributed by atoms with Gasteiger partial charge in [0.1, 0.15) is 6.04 Å². The maximum Gasteiger partial charge on any atom is 0.245 e. The molecule has 9 atom stereocenters.